The predicted molar refractivity (Wildman–Crippen MR) is 20.7 cm³/mol. The van der Waals surface area contributed by atoms with Crippen molar-refractivity contribution in [2.24, 2.45) is 0 Å². The number of hydrogen-bond acceptors (Lipinski definition) is 2. The molecule has 2 amide bonds. The van der Waals surface area contributed by atoms with Crippen LogP contribution in [0, 0.1) is 0 Å². The molecule has 1 rings (SSSR count). The van der Waals surface area contributed by atoms with E-state index < -0.39 is 8.10 Å². The van der Waals surface area contributed by atoms with E-state index in [2.05, 4.69) is 10.2 Å². The molecule has 0 spiro atoms. The summed E-state index contributed by atoms with van der Waals surface area (Å²) in [6.45, 7) is 0. The molecular formula is CH3N2O2P. The second kappa shape index (κ2) is 0.980. The van der Waals surface area contributed by atoms with Crippen LogP contribution in [-0.2, 0) is 4.57 Å². The van der Waals surface area contributed by atoms with Crippen LogP contribution >= 0.6 is 8.10 Å². The van der Waals surface area contributed by atoms with E-state index in [1.54, 1.807) is 0 Å². The van der Waals surface area contributed by atoms with Gasteiger partial charge in [0.2, 0.25) is 0 Å². The first-order valence-electron chi connectivity index (χ1n) is 1.41. The summed E-state index contributed by atoms with van der Waals surface area (Å²) in [5.41, 5.74) is 0. The summed E-state index contributed by atoms with van der Waals surface area (Å²) in [4.78, 5) is 9.71. The maximum absolute atomic E-state index is 9.85. The van der Waals surface area contributed by atoms with Gasteiger partial charge in [-0.15, -0.1) is 0 Å². The second-order valence-electron chi connectivity index (χ2n) is 0.908. The first-order valence-corrected chi connectivity index (χ1v) is 2.82. The molecule has 0 unspecified atom stereocenters. The third-order valence-corrected chi connectivity index (χ3v) is 1.36. The quantitative estimate of drug-likeness (QED) is 0.416. The first-order chi connectivity index (χ1) is 2.79. The lowest BCUT2D eigenvalue weighted by Crippen LogP contribution is -2.40. The predicted octanol–water partition coefficient (Wildman–Crippen LogP) is -0.311. The molecule has 1 heterocycles. The van der Waals surface area contributed by atoms with Crippen molar-refractivity contribution in [3.05, 3.63) is 0 Å². The Morgan fingerprint density at radius 2 is 2.00 bits per heavy atom. The molecule has 0 aromatic rings. The van der Waals surface area contributed by atoms with Gasteiger partial charge in [-0.25, -0.2) is 4.79 Å². The topological polar surface area (TPSA) is 58.2 Å². The van der Waals surface area contributed by atoms with Gasteiger partial charge >= 0.3 is 6.03 Å². The highest BCUT2D eigenvalue weighted by Crippen LogP contribution is 2.14. The fourth-order valence-corrected chi connectivity index (χ4v) is 0.619. The van der Waals surface area contributed by atoms with Crippen molar-refractivity contribution in [1.29, 1.82) is 0 Å². The van der Waals surface area contributed by atoms with Crippen LogP contribution < -0.4 is 10.2 Å². The molecule has 1 saturated heterocycles. The molecule has 34 valence electrons. The zero-order valence-corrected chi connectivity index (χ0v) is 3.82. The van der Waals surface area contributed by atoms with Crippen LogP contribution in [0.5, 0.6) is 0 Å². The van der Waals surface area contributed by atoms with Crippen LogP contribution in [0.3, 0.4) is 0 Å². The van der Waals surface area contributed by atoms with Gasteiger partial charge in [0.25, 0.3) is 8.10 Å². The third-order valence-electron chi connectivity index (χ3n) is 0.454. The number of carbonyl (C=O) groups is 1. The fraction of sp³-hybridized carbons (Fsp3) is 0. The van der Waals surface area contributed by atoms with Crippen molar-refractivity contribution in [1.82, 2.24) is 10.2 Å². The second-order valence-corrected chi connectivity index (χ2v) is 2.07. The molecule has 0 saturated carbocycles. The summed E-state index contributed by atoms with van der Waals surface area (Å²) in [6.07, 6.45) is 0. The van der Waals surface area contributed by atoms with E-state index in [-0.39, 0.29) is 6.03 Å². The number of amides is 2. The minimum Gasteiger partial charge on any atom is -0.279 e. The summed E-state index contributed by atoms with van der Waals surface area (Å²) in [5.74, 6) is 0. The summed E-state index contributed by atoms with van der Waals surface area (Å²) in [5, 5.41) is 4.20. The van der Waals surface area contributed by atoms with E-state index in [1.165, 1.54) is 0 Å². The van der Waals surface area contributed by atoms with Crippen molar-refractivity contribution < 1.29 is 9.36 Å². The van der Waals surface area contributed by atoms with Crippen LogP contribution in [0.1, 0.15) is 0 Å². The normalized spacial score (nSPS) is 21.0. The van der Waals surface area contributed by atoms with Gasteiger partial charge in [0.1, 0.15) is 0 Å². The molecule has 1 aliphatic rings. The van der Waals surface area contributed by atoms with Gasteiger partial charge in [0.15, 0.2) is 0 Å². The Balaban J connectivity index is 2.47. The standard InChI is InChI=1S/CH3N2O2P/c4-1-2-6(5)3-1/h6H,(H2,2,3,4,5). The zero-order valence-electron chi connectivity index (χ0n) is 2.82. The zero-order chi connectivity index (χ0) is 4.57. The Hall–Kier alpha value is -0.500. The van der Waals surface area contributed by atoms with Crippen molar-refractivity contribution >= 4 is 14.1 Å². The van der Waals surface area contributed by atoms with Crippen molar-refractivity contribution in [2.75, 3.05) is 0 Å². The Morgan fingerprint density at radius 3 is 2.00 bits per heavy atom. The lowest BCUT2D eigenvalue weighted by molar-refractivity contribution is 0.246. The highest BCUT2D eigenvalue weighted by molar-refractivity contribution is 7.45. The van der Waals surface area contributed by atoms with Crippen LogP contribution in [0.15, 0.2) is 0 Å². The Kier molecular flexibility index (Phi) is 0.601. The molecule has 2 N–H and O–H groups in total. The molecule has 4 nitrogen and oxygen atoms in total. The maximum atomic E-state index is 9.85. The van der Waals surface area contributed by atoms with E-state index in [0.29, 0.717) is 0 Å². The molecule has 0 bridgehead atoms. The van der Waals surface area contributed by atoms with E-state index in [1.807, 2.05) is 0 Å². The summed E-state index contributed by atoms with van der Waals surface area (Å²) < 4.78 is 9.85. The number of carbonyl (C=O) groups excluding carboxylic acids is 1. The van der Waals surface area contributed by atoms with Gasteiger partial charge in [-0.3, -0.25) is 14.7 Å². The average Bonchev–Trinajstić information content (AvgIpc) is 1.33. The van der Waals surface area contributed by atoms with Gasteiger partial charge in [-0.2, -0.15) is 0 Å². The van der Waals surface area contributed by atoms with Gasteiger partial charge in [0.05, 0.1) is 0 Å². The van der Waals surface area contributed by atoms with Crippen LogP contribution in [0.25, 0.3) is 0 Å². The molecule has 1 fully saturated rings. The minimum atomic E-state index is -1.84. The van der Waals surface area contributed by atoms with Gasteiger partial charge < -0.3 is 0 Å². The number of hydrogen-bond donors (Lipinski definition) is 2. The molecule has 0 aliphatic carbocycles. The molecule has 6 heavy (non-hydrogen) atoms. The molecular weight excluding hydrogens is 103 g/mol. The molecule has 5 heteroatoms. The maximum Gasteiger partial charge on any atom is 0.327 e. The number of rotatable bonds is 0. The van der Waals surface area contributed by atoms with Crippen molar-refractivity contribution in [3.63, 3.8) is 0 Å². The van der Waals surface area contributed by atoms with Crippen molar-refractivity contribution in [2.45, 2.75) is 0 Å². The van der Waals surface area contributed by atoms with Gasteiger partial charge in [-0.05, 0) is 0 Å². The van der Waals surface area contributed by atoms with Gasteiger partial charge in [0, 0.05) is 0 Å². The minimum absolute atomic E-state index is 0.334. The molecule has 1 aliphatic heterocycles. The van der Waals surface area contributed by atoms with Crippen molar-refractivity contribution in [3.8, 4) is 0 Å². The molecule has 0 radical (unpaired) electrons. The monoisotopic (exact) mass is 106 g/mol. The smallest absolute Gasteiger partial charge is 0.279 e. The molecule has 0 aromatic carbocycles. The molecule has 0 aromatic heterocycles. The van der Waals surface area contributed by atoms with Crippen LogP contribution in [0.4, 0.5) is 4.79 Å². The Bertz CT molecular complexity index is 88.1. The Morgan fingerprint density at radius 1 is 1.50 bits per heavy atom. The van der Waals surface area contributed by atoms with Gasteiger partial charge in [-0.1, -0.05) is 0 Å². The number of nitrogens with one attached hydrogen (secondary N) is 2. The number of urea groups is 1. The lowest BCUT2D eigenvalue weighted by atomic mass is 11.2. The third kappa shape index (κ3) is 0.389. The SMILES string of the molecule is O=C1N[PH](=O)N1. The first kappa shape index (κ1) is 3.68. The average molecular weight is 106 g/mol. The largest absolute Gasteiger partial charge is 0.327 e. The lowest BCUT2D eigenvalue weighted by Gasteiger charge is -2.13. The summed E-state index contributed by atoms with van der Waals surface area (Å²) in [6, 6.07) is -0.334. The van der Waals surface area contributed by atoms with Crippen LogP contribution in [0.2, 0.25) is 0 Å². The molecule has 0 atom stereocenters. The fourth-order valence-electron chi connectivity index (χ4n) is 0.206. The Labute approximate surface area is 34.8 Å². The van der Waals surface area contributed by atoms with E-state index in [4.69, 9.17) is 0 Å². The summed E-state index contributed by atoms with van der Waals surface area (Å²) >= 11 is 0. The summed E-state index contributed by atoms with van der Waals surface area (Å²) in [7, 11) is -1.84. The van der Waals surface area contributed by atoms with E-state index >= 15 is 0 Å². The van der Waals surface area contributed by atoms with E-state index in [9.17, 15) is 9.36 Å². The highest BCUT2D eigenvalue weighted by Gasteiger charge is 2.15. The van der Waals surface area contributed by atoms with Crippen LogP contribution in [-0.4, -0.2) is 6.03 Å². The highest BCUT2D eigenvalue weighted by atomic mass is 31.1. The van der Waals surface area contributed by atoms with E-state index in [0.717, 1.165) is 0 Å².